The zero-order valence-electron chi connectivity index (χ0n) is 9.74. The minimum Gasteiger partial charge on any atom is -0.359 e. The van der Waals surface area contributed by atoms with Crippen LogP contribution in [0, 0.1) is 0 Å². The number of carbonyl (C=O) groups excluding carboxylic acids is 1. The molecule has 1 N–H and O–H groups in total. The van der Waals surface area contributed by atoms with Crippen LogP contribution in [0.15, 0.2) is 48.7 Å². The molecule has 2 aromatic rings. The number of benzene rings is 1. The second-order valence-corrected chi connectivity index (χ2v) is 3.90. The molecule has 0 saturated heterocycles. The fourth-order valence-electron chi connectivity index (χ4n) is 1.56. The van der Waals surface area contributed by atoms with Crippen molar-refractivity contribution in [3.8, 4) is 0 Å². The van der Waals surface area contributed by atoms with E-state index in [4.69, 9.17) is 0 Å². The topological polar surface area (TPSA) is 32.9 Å². The van der Waals surface area contributed by atoms with Gasteiger partial charge in [-0.15, -0.1) is 0 Å². The Balaban J connectivity index is 2.18. The Labute approximate surface area is 107 Å². The molecule has 2 nitrogen and oxygen atoms in total. The monoisotopic (exact) mass is 265 g/mol. The number of aromatic nitrogens is 1. The van der Waals surface area contributed by atoms with E-state index < -0.39 is 11.7 Å². The molecule has 0 saturated carbocycles. The van der Waals surface area contributed by atoms with Crippen LogP contribution in [0.25, 0.3) is 6.08 Å². The maximum absolute atomic E-state index is 12.5. The van der Waals surface area contributed by atoms with Crippen molar-refractivity contribution in [2.45, 2.75) is 6.18 Å². The van der Waals surface area contributed by atoms with E-state index in [1.165, 1.54) is 24.3 Å². The largest absolute Gasteiger partial charge is 0.416 e. The minimum absolute atomic E-state index is 0.289. The van der Waals surface area contributed by atoms with Gasteiger partial charge in [-0.3, -0.25) is 4.79 Å². The van der Waals surface area contributed by atoms with Crippen LogP contribution in [0.2, 0.25) is 0 Å². The molecule has 1 heterocycles. The van der Waals surface area contributed by atoms with Gasteiger partial charge in [0.25, 0.3) is 0 Å². The molecule has 0 aliphatic heterocycles. The minimum atomic E-state index is -4.38. The lowest BCUT2D eigenvalue weighted by atomic mass is 10.1. The van der Waals surface area contributed by atoms with Gasteiger partial charge in [0.2, 0.25) is 5.78 Å². The van der Waals surface area contributed by atoms with E-state index in [-0.39, 0.29) is 5.78 Å². The molecule has 0 spiro atoms. The molecule has 0 atom stereocenters. The highest BCUT2D eigenvalue weighted by Crippen LogP contribution is 2.29. The molecular formula is C14H10F3NO. The van der Waals surface area contributed by atoms with E-state index >= 15 is 0 Å². The number of rotatable bonds is 3. The summed E-state index contributed by atoms with van der Waals surface area (Å²) in [4.78, 5) is 14.3. The van der Waals surface area contributed by atoms with E-state index in [0.29, 0.717) is 11.3 Å². The second-order valence-electron chi connectivity index (χ2n) is 3.90. The van der Waals surface area contributed by atoms with Crippen molar-refractivity contribution in [3.05, 3.63) is 65.5 Å². The summed E-state index contributed by atoms with van der Waals surface area (Å²) in [6.07, 6.45) is -0.182. The lowest BCUT2D eigenvalue weighted by molar-refractivity contribution is -0.137. The summed E-state index contributed by atoms with van der Waals surface area (Å²) in [5.74, 6) is -0.289. The van der Waals surface area contributed by atoms with Crippen molar-refractivity contribution < 1.29 is 18.0 Å². The Morgan fingerprint density at radius 2 is 1.95 bits per heavy atom. The Hall–Kier alpha value is -2.30. The van der Waals surface area contributed by atoms with E-state index in [1.807, 2.05) is 0 Å². The van der Waals surface area contributed by atoms with Crippen molar-refractivity contribution in [1.29, 1.82) is 0 Å². The molecule has 1 aromatic heterocycles. The van der Waals surface area contributed by atoms with Crippen LogP contribution in [0.1, 0.15) is 21.6 Å². The van der Waals surface area contributed by atoms with Crippen LogP contribution < -0.4 is 0 Å². The summed E-state index contributed by atoms with van der Waals surface area (Å²) in [6, 6.07) is 8.07. The first-order chi connectivity index (χ1) is 8.97. The predicted octanol–water partition coefficient (Wildman–Crippen LogP) is 3.93. The van der Waals surface area contributed by atoms with Crippen LogP contribution in [0.3, 0.4) is 0 Å². The third-order valence-corrected chi connectivity index (χ3v) is 2.50. The van der Waals surface area contributed by atoms with Crippen LogP contribution in [-0.4, -0.2) is 10.8 Å². The van der Waals surface area contributed by atoms with Crippen molar-refractivity contribution in [3.63, 3.8) is 0 Å². The van der Waals surface area contributed by atoms with Gasteiger partial charge >= 0.3 is 6.18 Å². The molecule has 0 aliphatic carbocycles. The van der Waals surface area contributed by atoms with Crippen LogP contribution >= 0.6 is 0 Å². The van der Waals surface area contributed by atoms with Gasteiger partial charge in [0.1, 0.15) is 0 Å². The summed E-state index contributed by atoms with van der Waals surface area (Å²) in [7, 11) is 0. The smallest absolute Gasteiger partial charge is 0.359 e. The number of nitrogens with one attached hydrogen (secondary N) is 1. The van der Waals surface area contributed by atoms with E-state index in [9.17, 15) is 18.0 Å². The number of ketones is 1. The summed E-state index contributed by atoms with van der Waals surface area (Å²) in [5, 5.41) is 0. The number of H-pyrrole nitrogens is 1. The fraction of sp³-hybridized carbons (Fsp3) is 0.0714. The fourth-order valence-corrected chi connectivity index (χ4v) is 1.56. The lowest BCUT2D eigenvalue weighted by Gasteiger charge is -2.06. The number of aromatic amines is 1. The Morgan fingerprint density at radius 3 is 2.58 bits per heavy atom. The number of allylic oxidation sites excluding steroid dienone is 1. The van der Waals surface area contributed by atoms with E-state index in [2.05, 4.69) is 4.98 Å². The standard InChI is InChI=1S/C14H10F3NO/c15-14(16,17)11-4-1-3-10(9-11)6-7-13(19)12-5-2-8-18-12/h1-9,18H/b7-6+. The second kappa shape index (κ2) is 5.14. The maximum Gasteiger partial charge on any atom is 0.416 e. The van der Waals surface area contributed by atoms with E-state index in [0.717, 1.165) is 12.1 Å². The number of carbonyl (C=O) groups is 1. The van der Waals surface area contributed by atoms with Crippen LogP contribution in [-0.2, 0) is 6.18 Å². The van der Waals surface area contributed by atoms with Gasteiger partial charge in [-0.25, -0.2) is 0 Å². The van der Waals surface area contributed by atoms with Crippen molar-refractivity contribution in [2.24, 2.45) is 0 Å². The number of alkyl halides is 3. The normalized spacial score (nSPS) is 11.9. The summed E-state index contributed by atoms with van der Waals surface area (Å²) in [5.41, 5.74) is -0.0140. The quantitative estimate of drug-likeness (QED) is 0.662. The Bertz CT molecular complexity index is 597. The summed E-state index contributed by atoms with van der Waals surface area (Å²) < 4.78 is 37.5. The van der Waals surface area contributed by atoms with Gasteiger partial charge in [-0.05, 0) is 35.9 Å². The van der Waals surface area contributed by atoms with E-state index in [1.54, 1.807) is 18.3 Å². The average molecular weight is 265 g/mol. The van der Waals surface area contributed by atoms with Crippen molar-refractivity contribution >= 4 is 11.9 Å². The maximum atomic E-state index is 12.5. The zero-order chi connectivity index (χ0) is 13.9. The first-order valence-corrected chi connectivity index (χ1v) is 5.50. The molecule has 5 heteroatoms. The van der Waals surface area contributed by atoms with Gasteiger partial charge in [0.15, 0.2) is 0 Å². The summed E-state index contributed by atoms with van der Waals surface area (Å²) in [6.45, 7) is 0. The van der Waals surface area contributed by atoms with Gasteiger partial charge in [0.05, 0.1) is 11.3 Å². The average Bonchev–Trinajstić information content (AvgIpc) is 2.89. The number of hydrogen-bond acceptors (Lipinski definition) is 1. The summed E-state index contributed by atoms with van der Waals surface area (Å²) >= 11 is 0. The Morgan fingerprint density at radius 1 is 1.16 bits per heavy atom. The number of halogens is 3. The first-order valence-electron chi connectivity index (χ1n) is 5.50. The predicted molar refractivity (Wildman–Crippen MR) is 65.6 cm³/mol. The molecule has 19 heavy (non-hydrogen) atoms. The molecule has 0 fully saturated rings. The SMILES string of the molecule is O=C(/C=C/c1cccc(C(F)(F)F)c1)c1ccc[nH]1. The highest BCUT2D eigenvalue weighted by atomic mass is 19.4. The third kappa shape index (κ3) is 3.34. The van der Waals surface area contributed by atoms with Gasteiger partial charge < -0.3 is 4.98 Å². The van der Waals surface area contributed by atoms with Crippen molar-refractivity contribution in [1.82, 2.24) is 4.98 Å². The molecular weight excluding hydrogens is 255 g/mol. The molecule has 0 radical (unpaired) electrons. The van der Waals surface area contributed by atoms with Crippen LogP contribution in [0.5, 0.6) is 0 Å². The molecule has 98 valence electrons. The Kier molecular flexibility index (Phi) is 3.55. The lowest BCUT2D eigenvalue weighted by Crippen LogP contribution is -2.04. The van der Waals surface area contributed by atoms with Gasteiger partial charge in [-0.2, -0.15) is 13.2 Å². The molecule has 0 amide bonds. The van der Waals surface area contributed by atoms with Crippen molar-refractivity contribution in [2.75, 3.05) is 0 Å². The highest BCUT2D eigenvalue weighted by Gasteiger charge is 2.30. The molecule has 0 bridgehead atoms. The molecule has 2 rings (SSSR count). The zero-order valence-corrected chi connectivity index (χ0v) is 9.74. The highest BCUT2D eigenvalue weighted by molar-refractivity contribution is 6.05. The van der Waals surface area contributed by atoms with Gasteiger partial charge in [-0.1, -0.05) is 18.2 Å². The first kappa shape index (κ1) is 13.1. The molecule has 1 aromatic carbocycles. The third-order valence-electron chi connectivity index (χ3n) is 2.50. The molecule has 0 unspecified atom stereocenters. The number of hydrogen-bond donors (Lipinski definition) is 1. The van der Waals surface area contributed by atoms with Gasteiger partial charge in [0, 0.05) is 6.20 Å². The molecule has 0 aliphatic rings. The van der Waals surface area contributed by atoms with Crippen LogP contribution in [0.4, 0.5) is 13.2 Å².